The first-order chi connectivity index (χ1) is 7.77. The predicted octanol–water partition coefficient (Wildman–Crippen LogP) is 0.230. The molecule has 5 nitrogen and oxygen atoms in total. The third-order valence-electron chi connectivity index (χ3n) is 3.22. The van der Waals surface area contributed by atoms with Crippen LogP contribution in [-0.4, -0.2) is 37.6 Å². The van der Waals surface area contributed by atoms with Crippen molar-refractivity contribution in [2.24, 2.45) is 5.92 Å². The van der Waals surface area contributed by atoms with E-state index in [4.69, 9.17) is 4.74 Å². The van der Waals surface area contributed by atoms with Gasteiger partial charge in [-0.2, -0.15) is 0 Å². The molecule has 0 amide bonds. The molecule has 1 atom stereocenters. The summed E-state index contributed by atoms with van der Waals surface area (Å²) >= 11 is 0. The second kappa shape index (κ2) is 6.93. The van der Waals surface area contributed by atoms with Gasteiger partial charge in [-0.3, -0.25) is 4.79 Å². The van der Waals surface area contributed by atoms with Crippen LogP contribution in [-0.2, 0) is 14.3 Å². The highest BCUT2D eigenvalue weighted by molar-refractivity contribution is 5.89. The van der Waals surface area contributed by atoms with Crippen molar-refractivity contribution in [3.63, 3.8) is 0 Å². The molecule has 98 valence electrons. The highest BCUT2D eigenvalue weighted by atomic mass is 35.5. The minimum atomic E-state index is -0.402. The molecule has 2 heterocycles. The number of hydrogen-bond acceptors (Lipinski definition) is 5. The van der Waals surface area contributed by atoms with Gasteiger partial charge in [0.2, 0.25) is 0 Å². The van der Waals surface area contributed by atoms with Gasteiger partial charge in [-0.1, -0.05) is 0 Å². The van der Waals surface area contributed by atoms with Gasteiger partial charge in [-0.05, 0) is 45.3 Å². The minimum Gasteiger partial charge on any atom is -0.392 e. The molecule has 2 saturated heterocycles. The monoisotopic (exact) mass is 262 g/mol. The number of carbonyl (C=O) groups is 2. The fourth-order valence-corrected chi connectivity index (χ4v) is 2.20. The van der Waals surface area contributed by atoms with Crippen LogP contribution in [0, 0.1) is 5.92 Å². The maximum Gasteiger partial charge on any atom is 0.330 e. The Kier molecular flexibility index (Phi) is 5.88. The average Bonchev–Trinajstić information content (AvgIpc) is 2.83. The smallest absolute Gasteiger partial charge is 0.330 e. The lowest BCUT2D eigenvalue weighted by Crippen LogP contribution is -2.38. The summed E-state index contributed by atoms with van der Waals surface area (Å²) in [5, 5.41) is 6.20. The topological polar surface area (TPSA) is 67.4 Å². The molecule has 2 fully saturated rings. The summed E-state index contributed by atoms with van der Waals surface area (Å²) in [5.41, 5.74) is 0. The summed E-state index contributed by atoms with van der Waals surface area (Å²) in [7, 11) is 0. The SMILES string of the molecule is Cl.O=C(OC(=O)C1CCCN1)C1CCNCC1. The van der Waals surface area contributed by atoms with Crippen LogP contribution in [0.25, 0.3) is 0 Å². The van der Waals surface area contributed by atoms with Crippen LogP contribution < -0.4 is 10.6 Å². The van der Waals surface area contributed by atoms with Crippen molar-refractivity contribution >= 4 is 24.3 Å². The number of esters is 2. The summed E-state index contributed by atoms with van der Waals surface area (Å²) in [6.07, 6.45) is 3.29. The standard InChI is InChI=1S/C11H18N2O3.ClH/c14-10(8-3-6-12-7-4-8)16-11(15)9-2-1-5-13-9;/h8-9,12-13H,1-7H2;1H. The van der Waals surface area contributed by atoms with Crippen LogP contribution >= 0.6 is 12.4 Å². The Morgan fingerprint density at radius 2 is 1.71 bits per heavy atom. The van der Waals surface area contributed by atoms with E-state index in [-0.39, 0.29) is 30.3 Å². The van der Waals surface area contributed by atoms with Crippen molar-refractivity contribution in [1.82, 2.24) is 10.6 Å². The second-order valence-electron chi connectivity index (χ2n) is 4.41. The van der Waals surface area contributed by atoms with Gasteiger partial charge in [0, 0.05) is 0 Å². The van der Waals surface area contributed by atoms with Crippen LogP contribution in [0.2, 0.25) is 0 Å². The summed E-state index contributed by atoms with van der Waals surface area (Å²) in [6, 6.07) is -0.273. The van der Waals surface area contributed by atoms with Crippen LogP contribution in [0.5, 0.6) is 0 Å². The molecule has 0 bridgehead atoms. The van der Waals surface area contributed by atoms with Gasteiger partial charge in [0.05, 0.1) is 5.92 Å². The van der Waals surface area contributed by atoms with Crippen molar-refractivity contribution in [3.05, 3.63) is 0 Å². The molecule has 2 aliphatic rings. The quantitative estimate of drug-likeness (QED) is 0.551. The average molecular weight is 263 g/mol. The van der Waals surface area contributed by atoms with E-state index in [1.807, 2.05) is 0 Å². The zero-order valence-electron chi connectivity index (χ0n) is 9.74. The molecule has 17 heavy (non-hydrogen) atoms. The molecule has 0 aromatic rings. The van der Waals surface area contributed by atoms with E-state index in [0.717, 1.165) is 45.3 Å². The van der Waals surface area contributed by atoms with Crippen LogP contribution in [0.1, 0.15) is 25.7 Å². The number of nitrogens with one attached hydrogen (secondary N) is 2. The van der Waals surface area contributed by atoms with E-state index in [1.165, 1.54) is 0 Å². The Morgan fingerprint density at radius 1 is 1.00 bits per heavy atom. The number of hydrogen-bond donors (Lipinski definition) is 2. The van der Waals surface area contributed by atoms with Gasteiger partial charge in [-0.25, -0.2) is 4.79 Å². The predicted molar refractivity (Wildman–Crippen MR) is 65.0 cm³/mol. The van der Waals surface area contributed by atoms with Crippen molar-refractivity contribution in [2.75, 3.05) is 19.6 Å². The van der Waals surface area contributed by atoms with Crippen molar-refractivity contribution in [3.8, 4) is 0 Å². The Morgan fingerprint density at radius 3 is 2.29 bits per heavy atom. The van der Waals surface area contributed by atoms with E-state index in [1.54, 1.807) is 0 Å². The normalized spacial score (nSPS) is 25.1. The lowest BCUT2D eigenvalue weighted by molar-refractivity contribution is -0.164. The number of piperidine rings is 1. The summed E-state index contributed by atoms with van der Waals surface area (Å²) < 4.78 is 4.91. The molecule has 6 heteroatoms. The summed E-state index contributed by atoms with van der Waals surface area (Å²) in [4.78, 5) is 23.2. The Labute approximate surface area is 107 Å². The van der Waals surface area contributed by atoms with Crippen molar-refractivity contribution < 1.29 is 14.3 Å². The van der Waals surface area contributed by atoms with Gasteiger partial charge < -0.3 is 15.4 Å². The minimum absolute atomic E-state index is 0. The van der Waals surface area contributed by atoms with Crippen molar-refractivity contribution in [1.29, 1.82) is 0 Å². The molecule has 1 unspecified atom stereocenters. The van der Waals surface area contributed by atoms with Crippen LogP contribution in [0.4, 0.5) is 0 Å². The van der Waals surface area contributed by atoms with Gasteiger partial charge in [-0.15, -0.1) is 12.4 Å². The van der Waals surface area contributed by atoms with Gasteiger partial charge in [0.25, 0.3) is 0 Å². The fraction of sp³-hybridized carbons (Fsp3) is 0.818. The maximum atomic E-state index is 11.7. The zero-order valence-corrected chi connectivity index (χ0v) is 10.6. The first kappa shape index (κ1) is 14.4. The Hall–Kier alpha value is -0.650. The van der Waals surface area contributed by atoms with E-state index in [0.29, 0.717) is 0 Å². The molecule has 2 aliphatic heterocycles. The van der Waals surface area contributed by atoms with E-state index < -0.39 is 5.97 Å². The van der Waals surface area contributed by atoms with Crippen molar-refractivity contribution in [2.45, 2.75) is 31.7 Å². The number of halogens is 1. The van der Waals surface area contributed by atoms with E-state index in [2.05, 4.69) is 10.6 Å². The molecule has 0 spiro atoms. The molecular formula is C11H19ClN2O3. The molecular weight excluding hydrogens is 244 g/mol. The van der Waals surface area contributed by atoms with Gasteiger partial charge >= 0.3 is 11.9 Å². The molecule has 0 aliphatic carbocycles. The Bertz CT molecular complexity index is 274. The number of carbonyl (C=O) groups excluding carboxylic acids is 2. The van der Waals surface area contributed by atoms with E-state index in [9.17, 15) is 9.59 Å². The molecule has 2 rings (SSSR count). The van der Waals surface area contributed by atoms with Gasteiger partial charge in [0.15, 0.2) is 0 Å². The third kappa shape index (κ3) is 3.94. The zero-order chi connectivity index (χ0) is 11.4. The molecule has 2 N–H and O–H groups in total. The first-order valence-corrected chi connectivity index (χ1v) is 5.97. The number of ether oxygens (including phenoxy) is 1. The third-order valence-corrected chi connectivity index (χ3v) is 3.22. The lowest BCUT2D eigenvalue weighted by atomic mass is 9.98. The van der Waals surface area contributed by atoms with E-state index >= 15 is 0 Å². The molecule has 0 aromatic carbocycles. The fourth-order valence-electron chi connectivity index (χ4n) is 2.20. The summed E-state index contributed by atoms with van der Waals surface area (Å²) in [6.45, 7) is 2.49. The highest BCUT2D eigenvalue weighted by Gasteiger charge is 2.29. The number of rotatable bonds is 2. The molecule has 0 aromatic heterocycles. The Balaban J connectivity index is 0.00000144. The maximum absolute atomic E-state index is 11.7. The summed E-state index contributed by atoms with van der Waals surface area (Å²) in [5.74, 6) is -0.854. The van der Waals surface area contributed by atoms with Crippen LogP contribution in [0.15, 0.2) is 0 Å². The lowest BCUT2D eigenvalue weighted by Gasteiger charge is -2.21. The van der Waals surface area contributed by atoms with Gasteiger partial charge in [0.1, 0.15) is 6.04 Å². The first-order valence-electron chi connectivity index (χ1n) is 5.97. The van der Waals surface area contributed by atoms with Crippen LogP contribution in [0.3, 0.4) is 0 Å². The highest BCUT2D eigenvalue weighted by Crippen LogP contribution is 2.15. The second-order valence-corrected chi connectivity index (χ2v) is 4.41. The largest absolute Gasteiger partial charge is 0.392 e. The molecule has 0 radical (unpaired) electrons. The molecule has 0 saturated carbocycles.